The minimum atomic E-state index is -0.298. The van der Waals surface area contributed by atoms with E-state index in [2.05, 4.69) is 10.6 Å². The second-order valence-corrected chi connectivity index (χ2v) is 4.52. The summed E-state index contributed by atoms with van der Waals surface area (Å²) in [6, 6.07) is 9.60. The molecule has 2 N–H and O–H groups in total. The number of carbonyl (C=O) groups excluding carboxylic acids is 2. The van der Waals surface area contributed by atoms with Crippen LogP contribution < -0.4 is 10.6 Å². The van der Waals surface area contributed by atoms with Crippen LogP contribution in [0.2, 0.25) is 0 Å². The molecule has 0 aliphatic heterocycles. The van der Waals surface area contributed by atoms with Crippen LogP contribution in [0.5, 0.6) is 0 Å². The molecule has 1 aromatic carbocycles. The molecule has 0 fully saturated rings. The van der Waals surface area contributed by atoms with Gasteiger partial charge in [-0.2, -0.15) is 0 Å². The second kappa shape index (κ2) is 9.09. The first-order valence-electron chi connectivity index (χ1n) is 6.75. The van der Waals surface area contributed by atoms with Crippen LogP contribution in [0.15, 0.2) is 30.3 Å². The SMILES string of the molecule is CN[C@H](Cc1ccccc1)C(=O)NCCCOC(C)=O. The molecule has 0 heterocycles. The zero-order valence-electron chi connectivity index (χ0n) is 12.0. The third kappa shape index (κ3) is 6.33. The fraction of sp³-hybridized carbons (Fsp3) is 0.467. The van der Waals surface area contributed by atoms with E-state index in [0.717, 1.165) is 5.56 Å². The summed E-state index contributed by atoms with van der Waals surface area (Å²) >= 11 is 0. The van der Waals surface area contributed by atoms with Crippen LogP contribution in [0.25, 0.3) is 0 Å². The van der Waals surface area contributed by atoms with E-state index in [1.54, 1.807) is 7.05 Å². The van der Waals surface area contributed by atoms with Gasteiger partial charge in [0.05, 0.1) is 12.6 Å². The fourth-order valence-corrected chi connectivity index (χ4v) is 1.80. The standard InChI is InChI=1S/C15H22N2O3/c1-12(18)20-10-6-9-17-15(19)14(16-2)11-13-7-4-3-5-8-13/h3-5,7-8,14,16H,6,9-11H2,1-2H3,(H,17,19)/t14-/m1/s1. The molecule has 5 heteroatoms. The van der Waals surface area contributed by atoms with Crippen molar-refractivity contribution in [1.82, 2.24) is 10.6 Å². The summed E-state index contributed by atoms with van der Waals surface area (Å²) in [5.41, 5.74) is 1.11. The predicted molar refractivity (Wildman–Crippen MR) is 77.3 cm³/mol. The molecule has 20 heavy (non-hydrogen) atoms. The molecular weight excluding hydrogens is 256 g/mol. The Balaban J connectivity index is 2.30. The molecular formula is C15H22N2O3. The van der Waals surface area contributed by atoms with Crippen LogP contribution in [-0.2, 0) is 20.7 Å². The van der Waals surface area contributed by atoms with E-state index in [1.807, 2.05) is 30.3 Å². The molecule has 110 valence electrons. The zero-order valence-corrected chi connectivity index (χ0v) is 12.0. The highest BCUT2D eigenvalue weighted by Crippen LogP contribution is 2.03. The Morgan fingerprint density at radius 1 is 1.25 bits per heavy atom. The van der Waals surface area contributed by atoms with Gasteiger partial charge < -0.3 is 15.4 Å². The molecule has 0 radical (unpaired) electrons. The van der Waals surface area contributed by atoms with Crippen molar-refractivity contribution in [2.75, 3.05) is 20.2 Å². The van der Waals surface area contributed by atoms with Crippen molar-refractivity contribution in [3.8, 4) is 0 Å². The maximum absolute atomic E-state index is 12.0. The van der Waals surface area contributed by atoms with Crippen molar-refractivity contribution in [3.05, 3.63) is 35.9 Å². The van der Waals surface area contributed by atoms with E-state index in [-0.39, 0.29) is 17.9 Å². The molecule has 0 aliphatic rings. The van der Waals surface area contributed by atoms with Gasteiger partial charge in [0.1, 0.15) is 0 Å². The maximum Gasteiger partial charge on any atom is 0.302 e. The molecule has 1 aromatic rings. The lowest BCUT2D eigenvalue weighted by atomic mass is 10.1. The third-order valence-corrected chi connectivity index (χ3v) is 2.87. The normalized spacial score (nSPS) is 11.7. The molecule has 0 unspecified atom stereocenters. The number of benzene rings is 1. The van der Waals surface area contributed by atoms with Crippen LogP contribution in [0, 0.1) is 0 Å². The second-order valence-electron chi connectivity index (χ2n) is 4.52. The smallest absolute Gasteiger partial charge is 0.302 e. The van der Waals surface area contributed by atoms with Gasteiger partial charge in [-0.3, -0.25) is 9.59 Å². The minimum absolute atomic E-state index is 0.0424. The molecule has 0 bridgehead atoms. The van der Waals surface area contributed by atoms with Gasteiger partial charge in [-0.05, 0) is 25.5 Å². The molecule has 1 amide bonds. The predicted octanol–water partition coefficient (Wildman–Crippen LogP) is 0.886. The van der Waals surface area contributed by atoms with Crippen molar-refractivity contribution in [2.45, 2.75) is 25.8 Å². The summed E-state index contributed by atoms with van der Waals surface area (Å²) in [5, 5.41) is 5.85. The lowest BCUT2D eigenvalue weighted by Gasteiger charge is -2.16. The number of carbonyl (C=O) groups is 2. The van der Waals surface area contributed by atoms with E-state index < -0.39 is 0 Å². The summed E-state index contributed by atoms with van der Waals surface area (Å²) in [6.45, 7) is 2.20. The number of ether oxygens (including phenoxy) is 1. The molecule has 5 nitrogen and oxygen atoms in total. The average Bonchev–Trinajstić information content (AvgIpc) is 2.45. The monoisotopic (exact) mass is 278 g/mol. The number of likely N-dealkylation sites (N-methyl/N-ethyl adjacent to an activating group) is 1. The molecule has 0 saturated heterocycles. The molecule has 0 spiro atoms. The van der Waals surface area contributed by atoms with Gasteiger partial charge in [-0.15, -0.1) is 0 Å². The largest absolute Gasteiger partial charge is 0.466 e. The van der Waals surface area contributed by atoms with Gasteiger partial charge >= 0.3 is 5.97 Å². The lowest BCUT2D eigenvalue weighted by molar-refractivity contribution is -0.140. The quantitative estimate of drug-likeness (QED) is 0.547. The van der Waals surface area contributed by atoms with E-state index in [0.29, 0.717) is 26.0 Å². The van der Waals surface area contributed by atoms with E-state index in [4.69, 9.17) is 4.74 Å². The highest BCUT2D eigenvalue weighted by molar-refractivity contribution is 5.82. The Morgan fingerprint density at radius 2 is 1.95 bits per heavy atom. The minimum Gasteiger partial charge on any atom is -0.466 e. The average molecular weight is 278 g/mol. The maximum atomic E-state index is 12.0. The van der Waals surface area contributed by atoms with Crippen LogP contribution in [0.4, 0.5) is 0 Å². The topological polar surface area (TPSA) is 67.4 Å². The number of amides is 1. The van der Waals surface area contributed by atoms with E-state index in [1.165, 1.54) is 6.92 Å². The zero-order chi connectivity index (χ0) is 14.8. The Labute approximate surface area is 119 Å². The highest BCUT2D eigenvalue weighted by Gasteiger charge is 2.15. The van der Waals surface area contributed by atoms with Gasteiger partial charge in [-0.1, -0.05) is 30.3 Å². The van der Waals surface area contributed by atoms with Crippen molar-refractivity contribution in [2.24, 2.45) is 0 Å². The Bertz CT molecular complexity index is 420. The number of hydrogen-bond donors (Lipinski definition) is 2. The molecule has 1 rings (SSSR count). The lowest BCUT2D eigenvalue weighted by Crippen LogP contribution is -2.44. The molecule has 0 aromatic heterocycles. The van der Waals surface area contributed by atoms with Gasteiger partial charge in [0.2, 0.25) is 5.91 Å². The summed E-state index contributed by atoms with van der Waals surface area (Å²) in [4.78, 5) is 22.6. The highest BCUT2D eigenvalue weighted by atomic mass is 16.5. The van der Waals surface area contributed by atoms with Gasteiger partial charge in [-0.25, -0.2) is 0 Å². The van der Waals surface area contributed by atoms with Crippen LogP contribution in [-0.4, -0.2) is 38.1 Å². The third-order valence-electron chi connectivity index (χ3n) is 2.87. The fourth-order valence-electron chi connectivity index (χ4n) is 1.80. The van der Waals surface area contributed by atoms with E-state index >= 15 is 0 Å². The van der Waals surface area contributed by atoms with Crippen molar-refractivity contribution in [1.29, 1.82) is 0 Å². The first kappa shape index (κ1) is 16.2. The number of esters is 1. The van der Waals surface area contributed by atoms with E-state index in [9.17, 15) is 9.59 Å². The van der Waals surface area contributed by atoms with Crippen LogP contribution >= 0.6 is 0 Å². The summed E-state index contributed by atoms with van der Waals surface area (Å²) in [5.74, 6) is -0.340. The number of rotatable bonds is 8. The summed E-state index contributed by atoms with van der Waals surface area (Å²) in [7, 11) is 1.77. The molecule has 1 atom stereocenters. The van der Waals surface area contributed by atoms with Crippen LogP contribution in [0.3, 0.4) is 0 Å². The first-order chi connectivity index (χ1) is 9.63. The summed E-state index contributed by atoms with van der Waals surface area (Å²) < 4.78 is 4.80. The molecule has 0 aliphatic carbocycles. The van der Waals surface area contributed by atoms with Crippen molar-refractivity contribution < 1.29 is 14.3 Å². The number of hydrogen-bond acceptors (Lipinski definition) is 4. The van der Waals surface area contributed by atoms with Gasteiger partial charge in [0.15, 0.2) is 0 Å². The van der Waals surface area contributed by atoms with Crippen molar-refractivity contribution >= 4 is 11.9 Å². The first-order valence-corrected chi connectivity index (χ1v) is 6.75. The van der Waals surface area contributed by atoms with Crippen molar-refractivity contribution in [3.63, 3.8) is 0 Å². The van der Waals surface area contributed by atoms with Gasteiger partial charge in [0.25, 0.3) is 0 Å². The Morgan fingerprint density at radius 3 is 2.55 bits per heavy atom. The van der Waals surface area contributed by atoms with Gasteiger partial charge in [0, 0.05) is 13.5 Å². The Kier molecular flexibility index (Phi) is 7.35. The molecule has 0 saturated carbocycles. The number of nitrogens with one attached hydrogen (secondary N) is 2. The van der Waals surface area contributed by atoms with Crippen LogP contribution in [0.1, 0.15) is 18.9 Å². The summed E-state index contributed by atoms with van der Waals surface area (Å²) in [6.07, 6.45) is 1.26. The Hall–Kier alpha value is -1.88.